The summed E-state index contributed by atoms with van der Waals surface area (Å²) in [5.41, 5.74) is 2.08. The Bertz CT molecular complexity index is 548. The fourth-order valence-electron chi connectivity index (χ4n) is 7.31. The van der Waals surface area contributed by atoms with E-state index in [1.54, 1.807) is 0 Å². The lowest BCUT2D eigenvalue weighted by Gasteiger charge is -2.57. The Hall–Kier alpha value is -0.630. The first-order valence-electron chi connectivity index (χ1n) is 9.75. The quantitative estimate of drug-likeness (QED) is 0.722. The van der Waals surface area contributed by atoms with E-state index in [1.807, 2.05) is 6.92 Å². The van der Waals surface area contributed by atoms with Gasteiger partial charge in [-0.05, 0) is 80.0 Å². The molecule has 0 aromatic rings. The predicted octanol–water partition coefficient (Wildman–Crippen LogP) is 4.52. The second-order valence-electron chi connectivity index (χ2n) is 9.44. The Labute approximate surface area is 140 Å². The molecule has 2 nitrogen and oxygen atoms in total. The molecule has 4 aliphatic carbocycles. The van der Waals surface area contributed by atoms with Gasteiger partial charge in [0.1, 0.15) is 5.78 Å². The Morgan fingerprint density at radius 3 is 2.70 bits per heavy atom. The summed E-state index contributed by atoms with van der Waals surface area (Å²) in [6.45, 7) is 6.91. The molecule has 2 heteroatoms. The topological polar surface area (TPSA) is 37.3 Å². The predicted molar refractivity (Wildman–Crippen MR) is 91.9 cm³/mol. The van der Waals surface area contributed by atoms with Crippen LogP contribution < -0.4 is 0 Å². The van der Waals surface area contributed by atoms with Gasteiger partial charge in [-0.25, -0.2) is 0 Å². The number of allylic oxidation sites excluding steroid dienone is 2. The second kappa shape index (κ2) is 5.18. The first-order chi connectivity index (χ1) is 10.9. The van der Waals surface area contributed by atoms with E-state index in [9.17, 15) is 9.90 Å². The standard InChI is InChI=1S/C21H32O2/c1-13(22)17-6-7-18-16-5-4-14-12-15(23)8-10-20(14,2)19(16)9-11-21(17,18)3/h4,13,16-19,22H,5-12H2,1-3H3/t13-,16+,17-,18+,19+,20+,21-/m1/s1. The fourth-order valence-corrected chi connectivity index (χ4v) is 7.31. The van der Waals surface area contributed by atoms with E-state index in [-0.39, 0.29) is 11.5 Å². The zero-order valence-electron chi connectivity index (χ0n) is 15.0. The first kappa shape index (κ1) is 15.9. The van der Waals surface area contributed by atoms with Gasteiger partial charge in [-0.3, -0.25) is 4.79 Å². The van der Waals surface area contributed by atoms with E-state index in [0.717, 1.165) is 37.0 Å². The number of hydrogen-bond acceptors (Lipinski definition) is 2. The maximum absolute atomic E-state index is 11.9. The summed E-state index contributed by atoms with van der Waals surface area (Å²) in [7, 11) is 0. The highest BCUT2D eigenvalue weighted by Gasteiger charge is 2.59. The second-order valence-corrected chi connectivity index (χ2v) is 9.44. The van der Waals surface area contributed by atoms with Crippen LogP contribution >= 0.6 is 0 Å². The highest BCUT2D eigenvalue weighted by Crippen LogP contribution is 2.66. The van der Waals surface area contributed by atoms with Gasteiger partial charge in [0.2, 0.25) is 0 Å². The summed E-state index contributed by atoms with van der Waals surface area (Å²) in [6, 6.07) is 0. The molecule has 0 aromatic heterocycles. The van der Waals surface area contributed by atoms with Crippen molar-refractivity contribution in [1.29, 1.82) is 0 Å². The highest BCUT2D eigenvalue weighted by atomic mass is 16.3. The lowest BCUT2D eigenvalue weighted by molar-refractivity contribution is -0.122. The van der Waals surface area contributed by atoms with Gasteiger partial charge in [-0.15, -0.1) is 0 Å². The van der Waals surface area contributed by atoms with Gasteiger partial charge >= 0.3 is 0 Å². The van der Waals surface area contributed by atoms with Gasteiger partial charge in [-0.1, -0.05) is 25.5 Å². The van der Waals surface area contributed by atoms with Gasteiger partial charge in [0, 0.05) is 12.8 Å². The molecule has 0 bridgehead atoms. The molecule has 4 aliphatic rings. The maximum atomic E-state index is 11.9. The van der Waals surface area contributed by atoms with Crippen molar-refractivity contribution in [3.63, 3.8) is 0 Å². The first-order valence-corrected chi connectivity index (χ1v) is 9.75. The average molecular weight is 316 g/mol. The van der Waals surface area contributed by atoms with Crippen molar-refractivity contribution in [1.82, 2.24) is 0 Å². The number of hydrogen-bond donors (Lipinski definition) is 1. The van der Waals surface area contributed by atoms with Crippen molar-refractivity contribution in [2.24, 2.45) is 34.5 Å². The third-order valence-corrected chi connectivity index (χ3v) is 8.59. The monoisotopic (exact) mass is 316 g/mol. The molecule has 7 atom stereocenters. The van der Waals surface area contributed by atoms with Crippen molar-refractivity contribution in [3.8, 4) is 0 Å². The minimum Gasteiger partial charge on any atom is -0.393 e. The Morgan fingerprint density at radius 2 is 1.96 bits per heavy atom. The number of aliphatic hydroxyl groups excluding tert-OH is 1. The molecule has 3 fully saturated rings. The normalized spacial score (nSPS) is 50.6. The van der Waals surface area contributed by atoms with Crippen LogP contribution in [0.1, 0.15) is 72.1 Å². The van der Waals surface area contributed by atoms with Crippen molar-refractivity contribution < 1.29 is 9.90 Å². The van der Waals surface area contributed by atoms with E-state index < -0.39 is 0 Å². The van der Waals surface area contributed by atoms with E-state index in [1.165, 1.54) is 37.7 Å². The van der Waals surface area contributed by atoms with Crippen LogP contribution in [0.15, 0.2) is 11.6 Å². The molecule has 0 unspecified atom stereocenters. The molecular weight excluding hydrogens is 284 g/mol. The molecule has 4 rings (SSSR count). The average Bonchev–Trinajstić information content (AvgIpc) is 2.85. The third-order valence-electron chi connectivity index (χ3n) is 8.59. The minimum absolute atomic E-state index is 0.167. The third kappa shape index (κ3) is 2.13. The largest absolute Gasteiger partial charge is 0.393 e. The number of carbonyl (C=O) groups excluding carboxylic acids is 1. The summed E-state index contributed by atoms with van der Waals surface area (Å²) in [4.78, 5) is 11.9. The van der Waals surface area contributed by atoms with E-state index in [4.69, 9.17) is 0 Å². The molecule has 0 saturated heterocycles. The van der Waals surface area contributed by atoms with Crippen LogP contribution in [0, 0.1) is 34.5 Å². The summed E-state index contributed by atoms with van der Waals surface area (Å²) in [5.74, 6) is 3.25. The summed E-state index contributed by atoms with van der Waals surface area (Å²) in [6.07, 6.45) is 11.1. The van der Waals surface area contributed by atoms with E-state index >= 15 is 0 Å². The van der Waals surface area contributed by atoms with Crippen LogP contribution in [0.2, 0.25) is 0 Å². The van der Waals surface area contributed by atoms with Crippen LogP contribution in [-0.4, -0.2) is 17.0 Å². The summed E-state index contributed by atoms with van der Waals surface area (Å²) in [5, 5.41) is 10.3. The molecule has 128 valence electrons. The van der Waals surface area contributed by atoms with Crippen LogP contribution in [0.4, 0.5) is 0 Å². The molecule has 0 aromatic carbocycles. The van der Waals surface area contributed by atoms with E-state index in [0.29, 0.717) is 17.1 Å². The number of carbonyl (C=O) groups is 1. The van der Waals surface area contributed by atoms with Gasteiger partial charge in [0.05, 0.1) is 6.10 Å². The molecule has 0 amide bonds. The molecule has 0 radical (unpaired) electrons. The molecule has 0 heterocycles. The van der Waals surface area contributed by atoms with Gasteiger partial charge in [0.15, 0.2) is 0 Å². The summed E-state index contributed by atoms with van der Waals surface area (Å²) < 4.78 is 0. The number of Topliss-reactive ketones (excluding diaryl/α,β-unsaturated/α-hetero) is 1. The van der Waals surface area contributed by atoms with Crippen molar-refractivity contribution in [2.45, 2.75) is 78.2 Å². The molecular formula is C21H32O2. The van der Waals surface area contributed by atoms with Gasteiger partial charge in [-0.2, -0.15) is 0 Å². The smallest absolute Gasteiger partial charge is 0.136 e. The zero-order chi connectivity index (χ0) is 16.4. The van der Waals surface area contributed by atoms with Crippen molar-refractivity contribution in [3.05, 3.63) is 11.6 Å². The number of rotatable bonds is 1. The van der Waals surface area contributed by atoms with Crippen molar-refractivity contribution >= 4 is 5.78 Å². The molecule has 0 aliphatic heterocycles. The Morgan fingerprint density at radius 1 is 1.17 bits per heavy atom. The van der Waals surface area contributed by atoms with Crippen LogP contribution in [0.5, 0.6) is 0 Å². The minimum atomic E-state index is -0.167. The summed E-state index contributed by atoms with van der Waals surface area (Å²) >= 11 is 0. The van der Waals surface area contributed by atoms with Gasteiger partial charge < -0.3 is 5.11 Å². The van der Waals surface area contributed by atoms with E-state index in [2.05, 4.69) is 19.9 Å². The van der Waals surface area contributed by atoms with Gasteiger partial charge in [0.25, 0.3) is 0 Å². The lowest BCUT2D eigenvalue weighted by atomic mass is 9.47. The highest BCUT2D eigenvalue weighted by molar-refractivity contribution is 5.82. The number of fused-ring (bicyclic) bond motifs is 5. The Balaban J connectivity index is 1.66. The van der Waals surface area contributed by atoms with Crippen LogP contribution in [-0.2, 0) is 4.79 Å². The maximum Gasteiger partial charge on any atom is 0.136 e. The Kier molecular flexibility index (Phi) is 3.58. The molecule has 3 saturated carbocycles. The lowest BCUT2D eigenvalue weighted by Crippen LogP contribution is -2.50. The van der Waals surface area contributed by atoms with Crippen LogP contribution in [0.25, 0.3) is 0 Å². The fraction of sp³-hybridized carbons (Fsp3) is 0.857. The molecule has 1 N–H and O–H groups in total. The number of ketones is 1. The zero-order valence-corrected chi connectivity index (χ0v) is 15.0. The van der Waals surface area contributed by atoms with Crippen molar-refractivity contribution in [2.75, 3.05) is 0 Å². The molecule has 0 spiro atoms. The SMILES string of the molecule is C[C@@H](O)[C@H]1CC[C@H]2[C@@H]3CC=C4CC(=O)CC[C@]4(C)[C@H]3CC[C@]12C. The molecule has 23 heavy (non-hydrogen) atoms. The number of aliphatic hydroxyl groups is 1. The van der Waals surface area contributed by atoms with Crippen LogP contribution in [0.3, 0.4) is 0 Å².